The molecule has 18 heteroatoms. The van der Waals surface area contributed by atoms with Gasteiger partial charge in [0.1, 0.15) is 111 Å². The van der Waals surface area contributed by atoms with Crippen molar-refractivity contribution in [2.24, 2.45) is 0 Å². The summed E-state index contributed by atoms with van der Waals surface area (Å²) in [4.78, 5) is 14.9. The lowest BCUT2D eigenvalue weighted by molar-refractivity contribution is 0.481. The van der Waals surface area contributed by atoms with Crippen molar-refractivity contribution in [1.82, 2.24) is 19.5 Å². The quantitative estimate of drug-likeness (QED) is 0.170. The molecule has 6 nitrogen and oxygen atoms in total. The molecule has 2 heterocycles. The lowest BCUT2D eigenvalue weighted by Crippen LogP contribution is -2.56. The standard InChI is InChI=1S/C51H22B12N4O2/c52-35-31(32-36(53)40(57)43(60)41(58)37(32)54)38(55)45(62)47-33(35)34-39(56)42(59)44(61)46(63)48(34)67(47)28-19-8-10-21-30(28)69-26-17-11-14-24(22-26)50-64-49(23-12-3-1-4-13-23)65-51(66-50)27-18-7-9-20-29(27)68-25-15-5-2-6-16-25/h1-22H. The predicted octanol–water partition coefficient (Wildman–Crippen LogP) is -1.25. The summed E-state index contributed by atoms with van der Waals surface area (Å²) in [5.41, 5.74) is 3.70. The molecule has 0 atom stereocenters. The van der Waals surface area contributed by atoms with E-state index < -0.39 is 0 Å². The van der Waals surface area contributed by atoms with Crippen LogP contribution in [0.4, 0.5) is 0 Å². The van der Waals surface area contributed by atoms with Crippen LogP contribution < -0.4 is 75.0 Å². The van der Waals surface area contributed by atoms with Gasteiger partial charge in [0, 0.05) is 27.5 Å². The summed E-state index contributed by atoms with van der Waals surface area (Å²) in [6, 6.07) is 41.3. The van der Waals surface area contributed by atoms with Crippen LogP contribution in [0.2, 0.25) is 0 Å². The predicted molar refractivity (Wildman–Crippen MR) is 294 cm³/mol. The Kier molecular flexibility index (Phi) is 12.0. The molecular formula is C51H22B12N4O2. The van der Waals surface area contributed by atoms with E-state index in [1.165, 1.54) is 0 Å². The molecule has 24 radical (unpaired) electrons. The first-order chi connectivity index (χ1) is 33.2. The molecule has 2 aromatic heterocycles. The Balaban J connectivity index is 1.14. The van der Waals surface area contributed by atoms with E-state index in [1.54, 1.807) is 22.8 Å². The molecule has 10 aromatic rings. The van der Waals surface area contributed by atoms with Crippen LogP contribution >= 0.6 is 0 Å². The van der Waals surface area contributed by atoms with Crippen LogP contribution in [-0.2, 0) is 0 Å². The third kappa shape index (κ3) is 7.78. The molecule has 0 aliphatic heterocycles. The molecule has 69 heavy (non-hydrogen) atoms. The normalized spacial score (nSPS) is 11.3. The van der Waals surface area contributed by atoms with Crippen LogP contribution in [-0.4, -0.2) is 114 Å². The maximum atomic E-state index is 7.14. The summed E-state index contributed by atoms with van der Waals surface area (Å²) in [5, 5.41) is 0.628. The molecule has 294 valence electrons. The highest BCUT2D eigenvalue weighted by Crippen LogP contribution is 2.37. The molecule has 0 aliphatic carbocycles. The van der Waals surface area contributed by atoms with Gasteiger partial charge in [-0.05, 0) is 65.0 Å². The first-order valence-corrected chi connectivity index (χ1v) is 21.3. The molecule has 0 saturated heterocycles. The fourth-order valence-electron chi connectivity index (χ4n) is 8.57. The molecular weight excluding hydrogens is 830 g/mol. The van der Waals surface area contributed by atoms with Gasteiger partial charge in [0.15, 0.2) is 23.2 Å². The van der Waals surface area contributed by atoms with Crippen LogP contribution in [0, 0.1) is 0 Å². The lowest BCUT2D eigenvalue weighted by atomic mass is 9.57. The minimum Gasteiger partial charge on any atom is -0.457 e. The SMILES string of the molecule is [B]c1c([B])c([B])c(-c2c([B])c([B])c3c(c2[B])c2c([B])c([B])c([B])c([B])c2n3-c2ccccc2Oc2cccc(-c3nc(-c4ccccc4)nc(-c4ccccc4Oc4ccccc4)n3)c2)c([B])c1[B]. The molecule has 8 aromatic carbocycles. The van der Waals surface area contributed by atoms with Gasteiger partial charge >= 0.3 is 0 Å². The molecule has 0 aliphatic rings. The smallest absolute Gasteiger partial charge is 0.167 e. The van der Waals surface area contributed by atoms with E-state index in [1.807, 2.05) is 115 Å². The van der Waals surface area contributed by atoms with Gasteiger partial charge in [0.2, 0.25) is 0 Å². The Morgan fingerprint density at radius 3 is 1.45 bits per heavy atom. The minimum absolute atomic E-state index is 0.00365. The summed E-state index contributed by atoms with van der Waals surface area (Å²) >= 11 is 0. The number of ether oxygens (including phenoxy) is 2. The van der Waals surface area contributed by atoms with E-state index >= 15 is 0 Å². The van der Waals surface area contributed by atoms with E-state index in [0.717, 1.165) is 5.56 Å². The van der Waals surface area contributed by atoms with Gasteiger partial charge in [0.25, 0.3) is 0 Å². The Morgan fingerprint density at radius 2 is 0.768 bits per heavy atom. The number of benzene rings is 8. The zero-order chi connectivity index (χ0) is 48.4. The molecule has 0 spiro atoms. The number of aromatic nitrogens is 4. The van der Waals surface area contributed by atoms with Crippen molar-refractivity contribution < 1.29 is 9.47 Å². The largest absolute Gasteiger partial charge is 0.457 e. The van der Waals surface area contributed by atoms with Crippen molar-refractivity contribution in [2.45, 2.75) is 0 Å². The number of fused-ring (bicyclic) bond motifs is 3. The van der Waals surface area contributed by atoms with Crippen LogP contribution in [0.5, 0.6) is 23.0 Å². The molecule has 0 unspecified atom stereocenters. The second-order valence-corrected chi connectivity index (χ2v) is 16.2. The molecule has 0 bridgehead atoms. The van der Waals surface area contributed by atoms with Crippen LogP contribution in [0.3, 0.4) is 0 Å². The highest BCUT2D eigenvalue weighted by molar-refractivity contribution is 6.72. The number of para-hydroxylation sites is 4. The fraction of sp³-hybridized carbons (Fsp3) is 0. The van der Waals surface area contributed by atoms with E-state index in [0.29, 0.717) is 79.1 Å². The summed E-state index contributed by atoms with van der Waals surface area (Å²) in [7, 11) is 79.8. The van der Waals surface area contributed by atoms with Crippen LogP contribution in [0.1, 0.15) is 0 Å². The van der Waals surface area contributed by atoms with Crippen molar-refractivity contribution in [2.75, 3.05) is 0 Å². The highest BCUT2D eigenvalue weighted by atomic mass is 16.5. The molecule has 0 amide bonds. The number of hydrogen-bond donors (Lipinski definition) is 0. The van der Waals surface area contributed by atoms with Crippen molar-refractivity contribution in [3.63, 3.8) is 0 Å². The maximum Gasteiger partial charge on any atom is 0.167 e. The molecule has 0 fully saturated rings. The zero-order valence-corrected chi connectivity index (χ0v) is 36.7. The average molecular weight is 853 g/mol. The summed E-state index contributed by atoms with van der Waals surface area (Å²) in [6.45, 7) is 0. The van der Waals surface area contributed by atoms with Crippen LogP contribution in [0.15, 0.2) is 133 Å². The van der Waals surface area contributed by atoms with Gasteiger partial charge in [-0.25, -0.2) is 15.0 Å². The summed E-state index contributed by atoms with van der Waals surface area (Å²) in [5.74, 6) is 3.24. The number of nitrogens with zero attached hydrogens (tertiary/aromatic N) is 4. The summed E-state index contributed by atoms with van der Waals surface area (Å²) < 4.78 is 14.8. The number of hydrogen-bond acceptors (Lipinski definition) is 5. The van der Waals surface area contributed by atoms with E-state index in [4.69, 9.17) is 119 Å². The Hall–Kier alpha value is -7.05. The first-order valence-electron chi connectivity index (χ1n) is 21.3. The van der Waals surface area contributed by atoms with Crippen molar-refractivity contribution in [3.8, 4) is 74.0 Å². The second-order valence-electron chi connectivity index (χ2n) is 16.2. The molecule has 0 saturated carbocycles. The van der Waals surface area contributed by atoms with Crippen molar-refractivity contribution in [1.29, 1.82) is 0 Å². The Bertz CT molecular complexity index is 3690. The van der Waals surface area contributed by atoms with Crippen molar-refractivity contribution in [3.05, 3.63) is 133 Å². The third-order valence-electron chi connectivity index (χ3n) is 12.1. The maximum absolute atomic E-state index is 7.14. The fourth-order valence-corrected chi connectivity index (χ4v) is 8.57. The first kappa shape index (κ1) is 45.7. The van der Waals surface area contributed by atoms with Crippen LogP contribution in [0.25, 0.3) is 72.8 Å². The van der Waals surface area contributed by atoms with Gasteiger partial charge in [-0.3, -0.25) is 0 Å². The summed E-state index contributed by atoms with van der Waals surface area (Å²) in [6.07, 6.45) is 0. The van der Waals surface area contributed by atoms with Crippen molar-refractivity contribution >= 4 is 182 Å². The third-order valence-corrected chi connectivity index (χ3v) is 12.1. The molecule has 10 rings (SSSR count). The van der Waals surface area contributed by atoms with Gasteiger partial charge in [-0.15, -0.1) is 27.3 Å². The Labute approximate surface area is 415 Å². The minimum atomic E-state index is -0.0149. The van der Waals surface area contributed by atoms with Gasteiger partial charge in [0.05, 0.1) is 11.3 Å². The zero-order valence-electron chi connectivity index (χ0n) is 36.7. The lowest BCUT2D eigenvalue weighted by Gasteiger charge is -2.26. The Morgan fingerprint density at radius 1 is 0.333 bits per heavy atom. The van der Waals surface area contributed by atoms with Gasteiger partial charge in [-0.2, -0.15) is 0 Å². The monoisotopic (exact) mass is 854 g/mol. The average Bonchev–Trinajstić information content (AvgIpc) is 3.74. The van der Waals surface area contributed by atoms with E-state index in [-0.39, 0.29) is 76.7 Å². The second kappa shape index (κ2) is 18.1. The highest BCUT2D eigenvalue weighted by Gasteiger charge is 2.27. The van der Waals surface area contributed by atoms with E-state index in [2.05, 4.69) is 0 Å². The number of rotatable bonds is 9. The molecule has 0 N–H and O–H groups in total. The van der Waals surface area contributed by atoms with E-state index in [9.17, 15) is 0 Å². The van der Waals surface area contributed by atoms with Gasteiger partial charge < -0.3 is 14.0 Å². The van der Waals surface area contributed by atoms with Gasteiger partial charge in [-0.1, -0.05) is 123 Å². The topological polar surface area (TPSA) is 62.1 Å².